The Hall–Kier alpha value is -3.02. The first kappa shape index (κ1) is 19.7. The van der Waals surface area contributed by atoms with Gasteiger partial charge in [0, 0.05) is 60.7 Å². The highest BCUT2D eigenvalue weighted by molar-refractivity contribution is 7.94. The minimum Gasteiger partial charge on any atom is -0.326 e. The number of carbonyl (C=O) groups is 2. The van der Waals surface area contributed by atoms with Crippen molar-refractivity contribution in [2.75, 3.05) is 29.9 Å². The van der Waals surface area contributed by atoms with E-state index >= 15 is 0 Å². The van der Waals surface area contributed by atoms with Crippen molar-refractivity contribution in [2.45, 2.75) is 6.92 Å². The highest BCUT2D eigenvalue weighted by Crippen LogP contribution is 2.11. The van der Waals surface area contributed by atoms with Gasteiger partial charge < -0.3 is 10.6 Å². The van der Waals surface area contributed by atoms with Gasteiger partial charge in [0.05, 0.1) is 15.3 Å². The normalized spacial score (nSPS) is 15.0. The van der Waals surface area contributed by atoms with Gasteiger partial charge in [0.25, 0.3) is 5.91 Å². The van der Waals surface area contributed by atoms with E-state index in [9.17, 15) is 13.8 Å². The topological polar surface area (TPSA) is 101 Å². The zero-order chi connectivity index (χ0) is 20.0. The number of aromatic nitrogens is 1. The van der Waals surface area contributed by atoms with Crippen molar-refractivity contribution < 1.29 is 13.8 Å². The minimum atomic E-state index is -2.51. The molecule has 0 radical (unpaired) electrons. The number of benzene rings is 1. The summed E-state index contributed by atoms with van der Waals surface area (Å²) in [5.41, 5.74) is 2.18. The van der Waals surface area contributed by atoms with Crippen LogP contribution >= 0.6 is 0 Å². The maximum atomic E-state index is 12.6. The summed E-state index contributed by atoms with van der Waals surface area (Å²) in [7, 11) is -2.51. The van der Waals surface area contributed by atoms with E-state index in [0.29, 0.717) is 41.4 Å². The van der Waals surface area contributed by atoms with E-state index in [1.807, 2.05) is 6.07 Å². The summed E-state index contributed by atoms with van der Waals surface area (Å²) >= 11 is 0. The fourth-order valence-electron chi connectivity index (χ4n) is 2.63. The fraction of sp³-hybridized carbons (Fsp3) is 0.250. The number of pyridine rings is 1. The van der Waals surface area contributed by atoms with Crippen LogP contribution in [0.15, 0.2) is 47.1 Å². The first-order valence-corrected chi connectivity index (χ1v) is 10.6. The second kappa shape index (κ2) is 8.78. The zero-order valence-corrected chi connectivity index (χ0v) is 16.2. The second-order valence-electron chi connectivity index (χ2n) is 6.30. The summed E-state index contributed by atoms with van der Waals surface area (Å²) < 4.78 is 16.5. The van der Waals surface area contributed by atoms with Crippen LogP contribution < -0.4 is 10.6 Å². The summed E-state index contributed by atoms with van der Waals surface area (Å²) in [5, 5.41) is 5.81. The van der Waals surface area contributed by atoms with Crippen LogP contribution in [0.4, 0.5) is 5.69 Å². The van der Waals surface area contributed by atoms with E-state index in [-0.39, 0.29) is 11.5 Å². The molecule has 8 heteroatoms. The highest BCUT2D eigenvalue weighted by atomic mass is 32.2. The molecule has 1 aromatic carbocycles. The lowest BCUT2D eigenvalue weighted by Crippen LogP contribution is -2.36. The standard InChI is InChI=1S/C20H20N4O3S/c1-15(25)23-19-4-2-3-16(12-19)5-6-17-11-18(14-22-13-17)20(26)24-28(27)9-7-21-8-10-28/h2-4,11-14,21H,7-10H2,1H3,(H,23,25). The molecule has 1 aliphatic heterocycles. The quantitative estimate of drug-likeness (QED) is 0.752. The second-order valence-corrected chi connectivity index (χ2v) is 8.85. The Labute approximate surface area is 164 Å². The summed E-state index contributed by atoms with van der Waals surface area (Å²) in [5.74, 6) is 5.99. The van der Waals surface area contributed by atoms with Gasteiger partial charge in [-0.3, -0.25) is 14.6 Å². The molecule has 1 fully saturated rings. The molecule has 7 nitrogen and oxygen atoms in total. The predicted octanol–water partition coefficient (Wildman–Crippen LogP) is 1.65. The van der Waals surface area contributed by atoms with Gasteiger partial charge in [0.1, 0.15) is 0 Å². The van der Waals surface area contributed by atoms with Crippen molar-refractivity contribution in [3.05, 3.63) is 59.4 Å². The molecular weight excluding hydrogens is 376 g/mol. The lowest BCUT2D eigenvalue weighted by Gasteiger charge is -2.16. The van der Waals surface area contributed by atoms with Crippen molar-refractivity contribution in [3.63, 3.8) is 0 Å². The molecule has 0 saturated carbocycles. The lowest BCUT2D eigenvalue weighted by atomic mass is 10.1. The monoisotopic (exact) mass is 396 g/mol. The summed E-state index contributed by atoms with van der Waals surface area (Å²) in [6.45, 7) is 2.63. The fourth-order valence-corrected chi connectivity index (χ4v) is 4.35. The van der Waals surface area contributed by atoms with Gasteiger partial charge in [0.2, 0.25) is 5.91 Å². The van der Waals surface area contributed by atoms with E-state index < -0.39 is 15.6 Å². The molecule has 0 atom stereocenters. The van der Waals surface area contributed by atoms with Crippen LogP contribution in [-0.2, 0) is 14.5 Å². The van der Waals surface area contributed by atoms with Crippen molar-refractivity contribution in [3.8, 4) is 11.8 Å². The van der Waals surface area contributed by atoms with Crippen LogP contribution in [0, 0.1) is 11.8 Å². The Bertz CT molecular complexity index is 1080. The van der Waals surface area contributed by atoms with E-state index in [0.717, 1.165) is 0 Å². The molecular formula is C20H20N4O3S. The predicted molar refractivity (Wildman–Crippen MR) is 108 cm³/mol. The lowest BCUT2D eigenvalue weighted by molar-refractivity contribution is -0.114. The number of carbonyl (C=O) groups excluding carboxylic acids is 2. The summed E-state index contributed by atoms with van der Waals surface area (Å²) in [6, 6.07) is 8.73. The molecule has 2 heterocycles. The van der Waals surface area contributed by atoms with Crippen molar-refractivity contribution in [1.82, 2.24) is 10.3 Å². The molecule has 0 bridgehead atoms. The number of nitrogens with one attached hydrogen (secondary N) is 2. The van der Waals surface area contributed by atoms with E-state index in [1.54, 1.807) is 30.5 Å². The van der Waals surface area contributed by atoms with E-state index in [4.69, 9.17) is 0 Å². The molecule has 144 valence electrons. The van der Waals surface area contributed by atoms with E-state index in [2.05, 4.69) is 31.8 Å². The third-order valence-electron chi connectivity index (χ3n) is 3.96. The molecule has 0 aliphatic carbocycles. The number of nitrogens with zero attached hydrogens (tertiary/aromatic N) is 2. The summed E-state index contributed by atoms with van der Waals surface area (Å²) in [4.78, 5) is 27.6. The van der Waals surface area contributed by atoms with Crippen LogP contribution in [0.25, 0.3) is 0 Å². The Kier molecular flexibility index (Phi) is 6.19. The first-order chi connectivity index (χ1) is 13.4. The maximum absolute atomic E-state index is 12.6. The number of hydrogen-bond acceptors (Lipinski definition) is 5. The van der Waals surface area contributed by atoms with Gasteiger partial charge in [0.15, 0.2) is 0 Å². The van der Waals surface area contributed by atoms with Crippen molar-refractivity contribution in [1.29, 1.82) is 0 Å². The smallest absolute Gasteiger partial charge is 0.286 e. The molecule has 2 amide bonds. The van der Waals surface area contributed by atoms with Crippen LogP contribution in [-0.4, -0.2) is 45.6 Å². The molecule has 2 N–H and O–H groups in total. The van der Waals surface area contributed by atoms with Gasteiger partial charge in [-0.1, -0.05) is 17.9 Å². The zero-order valence-electron chi connectivity index (χ0n) is 15.4. The number of hydrogen-bond donors (Lipinski definition) is 2. The Morgan fingerprint density at radius 3 is 2.64 bits per heavy atom. The molecule has 1 saturated heterocycles. The average Bonchev–Trinajstić information content (AvgIpc) is 2.67. The number of amides is 2. The Morgan fingerprint density at radius 2 is 1.89 bits per heavy atom. The summed E-state index contributed by atoms with van der Waals surface area (Å²) in [6.07, 6.45) is 2.95. The van der Waals surface area contributed by atoms with Crippen molar-refractivity contribution >= 4 is 27.2 Å². The Balaban J connectivity index is 1.80. The van der Waals surface area contributed by atoms with Gasteiger partial charge in [-0.25, -0.2) is 4.21 Å². The molecule has 0 unspecified atom stereocenters. The number of rotatable bonds is 2. The molecule has 0 spiro atoms. The van der Waals surface area contributed by atoms with Gasteiger partial charge in [-0.2, -0.15) is 4.36 Å². The van der Waals surface area contributed by atoms with Gasteiger partial charge in [-0.05, 0) is 24.3 Å². The number of anilines is 1. The average molecular weight is 396 g/mol. The van der Waals surface area contributed by atoms with Crippen LogP contribution in [0.5, 0.6) is 0 Å². The minimum absolute atomic E-state index is 0.156. The highest BCUT2D eigenvalue weighted by Gasteiger charge is 2.17. The largest absolute Gasteiger partial charge is 0.326 e. The van der Waals surface area contributed by atoms with Crippen LogP contribution in [0.2, 0.25) is 0 Å². The van der Waals surface area contributed by atoms with Crippen LogP contribution in [0.3, 0.4) is 0 Å². The van der Waals surface area contributed by atoms with Crippen molar-refractivity contribution in [2.24, 2.45) is 4.36 Å². The van der Waals surface area contributed by atoms with Gasteiger partial charge in [-0.15, -0.1) is 0 Å². The maximum Gasteiger partial charge on any atom is 0.286 e. The molecule has 2 aromatic rings. The third kappa shape index (κ3) is 5.49. The molecule has 3 rings (SSSR count). The third-order valence-corrected chi connectivity index (χ3v) is 6.15. The Morgan fingerprint density at radius 1 is 1.14 bits per heavy atom. The molecule has 1 aliphatic rings. The SMILES string of the molecule is CC(=O)Nc1cccc(C#Cc2cncc(C(=O)N=S3(=O)CCNCC3)c2)c1. The van der Waals surface area contributed by atoms with Crippen LogP contribution in [0.1, 0.15) is 28.4 Å². The first-order valence-electron chi connectivity index (χ1n) is 8.76. The molecule has 28 heavy (non-hydrogen) atoms. The van der Waals surface area contributed by atoms with Gasteiger partial charge >= 0.3 is 0 Å². The molecule has 1 aromatic heterocycles. The van der Waals surface area contributed by atoms with E-state index in [1.165, 1.54) is 13.1 Å².